The number of piperidine rings is 1. The first-order valence-corrected chi connectivity index (χ1v) is 9.67. The number of anilines is 1. The highest BCUT2D eigenvalue weighted by molar-refractivity contribution is 5.97. The van der Waals surface area contributed by atoms with Crippen LogP contribution in [0.25, 0.3) is 11.7 Å². The van der Waals surface area contributed by atoms with Gasteiger partial charge in [-0.3, -0.25) is 9.63 Å². The fourth-order valence-electron chi connectivity index (χ4n) is 3.80. The summed E-state index contributed by atoms with van der Waals surface area (Å²) in [5.41, 5.74) is 2.15. The van der Waals surface area contributed by atoms with Crippen molar-refractivity contribution < 1.29 is 18.4 Å². The molecule has 1 fully saturated rings. The van der Waals surface area contributed by atoms with Gasteiger partial charge in [-0.25, -0.2) is 23.8 Å². The van der Waals surface area contributed by atoms with Crippen molar-refractivity contribution in [1.29, 1.82) is 0 Å². The minimum Gasteiger partial charge on any atom is -0.334 e. The fraction of sp³-hybridized carbons (Fsp3) is 0.286. The zero-order chi connectivity index (χ0) is 20.7. The Kier molecular flexibility index (Phi) is 4.47. The number of amides is 1. The summed E-state index contributed by atoms with van der Waals surface area (Å²) < 4.78 is 31.1. The van der Waals surface area contributed by atoms with Crippen LogP contribution in [0.5, 0.6) is 0 Å². The van der Waals surface area contributed by atoms with Crippen LogP contribution in [0.15, 0.2) is 55.1 Å². The smallest absolute Gasteiger partial charge is 0.279 e. The Bertz CT molecular complexity index is 1130. The summed E-state index contributed by atoms with van der Waals surface area (Å²) in [6.45, 7) is 0.0375. The predicted molar refractivity (Wildman–Crippen MR) is 106 cm³/mol. The van der Waals surface area contributed by atoms with Crippen molar-refractivity contribution in [3.8, 4) is 0 Å². The number of imidazole rings is 1. The molecule has 0 unspecified atom stereocenters. The SMILES string of the molecule is O=C(c1nccn2ccnc12)N1CCC(F)(F)[C@@H](ON2CC=Cc3ccccc32)C1. The van der Waals surface area contributed by atoms with Gasteiger partial charge in [0.05, 0.1) is 18.8 Å². The first-order valence-electron chi connectivity index (χ1n) is 9.67. The molecule has 0 aliphatic carbocycles. The second-order valence-corrected chi connectivity index (χ2v) is 7.31. The Hall–Kier alpha value is -3.33. The molecular formula is C21H19F2N5O2. The van der Waals surface area contributed by atoms with E-state index in [4.69, 9.17) is 4.84 Å². The molecule has 30 heavy (non-hydrogen) atoms. The second kappa shape index (κ2) is 7.17. The summed E-state index contributed by atoms with van der Waals surface area (Å²) in [7, 11) is 0. The standard InChI is InChI=1S/C21H19F2N5O2/c22-21(23)7-11-27(20(29)18-19-25-9-13-26(19)12-8-24-18)14-17(21)30-28-10-3-5-15-4-1-2-6-16(15)28/h1-6,8-9,12-13,17H,7,10-11,14H2/t17-/m0/s1. The van der Waals surface area contributed by atoms with E-state index in [1.165, 1.54) is 16.2 Å². The number of aromatic nitrogens is 3. The lowest BCUT2D eigenvalue weighted by Gasteiger charge is -2.40. The number of carbonyl (C=O) groups is 1. The number of likely N-dealkylation sites (tertiary alicyclic amines) is 1. The summed E-state index contributed by atoms with van der Waals surface area (Å²) in [6, 6.07) is 7.43. The zero-order valence-corrected chi connectivity index (χ0v) is 16.0. The Balaban J connectivity index is 1.39. The Labute approximate surface area is 171 Å². The van der Waals surface area contributed by atoms with Crippen LogP contribution in [0.2, 0.25) is 0 Å². The zero-order valence-electron chi connectivity index (χ0n) is 16.0. The summed E-state index contributed by atoms with van der Waals surface area (Å²) >= 11 is 0. The van der Waals surface area contributed by atoms with E-state index in [0.717, 1.165) is 11.3 Å². The highest BCUT2D eigenvalue weighted by atomic mass is 19.3. The monoisotopic (exact) mass is 411 g/mol. The normalized spacial score (nSPS) is 20.4. The maximum Gasteiger partial charge on any atom is 0.279 e. The molecule has 0 saturated carbocycles. The van der Waals surface area contributed by atoms with E-state index in [-0.39, 0.29) is 18.8 Å². The number of hydrogen-bond acceptors (Lipinski definition) is 5. The number of rotatable bonds is 3. The topological polar surface area (TPSA) is 63.0 Å². The Morgan fingerprint density at radius 1 is 1.17 bits per heavy atom. The summed E-state index contributed by atoms with van der Waals surface area (Å²) in [5.74, 6) is -3.49. The van der Waals surface area contributed by atoms with Crippen LogP contribution in [0, 0.1) is 0 Å². The number of halogens is 2. The molecule has 9 heteroatoms. The van der Waals surface area contributed by atoms with Gasteiger partial charge in [-0.15, -0.1) is 0 Å². The molecule has 0 spiro atoms. The molecule has 3 aromatic rings. The molecule has 1 saturated heterocycles. The lowest BCUT2D eigenvalue weighted by molar-refractivity contribution is -0.170. The van der Waals surface area contributed by atoms with Crippen molar-refractivity contribution >= 4 is 23.3 Å². The van der Waals surface area contributed by atoms with Gasteiger partial charge in [0.15, 0.2) is 17.4 Å². The molecule has 7 nitrogen and oxygen atoms in total. The third-order valence-electron chi connectivity index (χ3n) is 5.40. The summed E-state index contributed by atoms with van der Waals surface area (Å²) in [6.07, 6.45) is 8.27. The second-order valence-electron chi connectivity index (χ2n) is 7.31. The molecule has 1 amide bonds. The summed E-state index contributed by atoms with van der Waals surface area (Å²) in [4.78, 5) is 28.5. The van der Waals surface area contributed by atoms with Crippen molar-refractivity contribution in [2.75, 3.05) is 24.7 Å². The first kappa shape index (κ1) is 18.7. The fourth-order valence-corrected chi connectivity index (χ4v) is 3.80. The van der Waals surface area contributed by atoms with E-state index < -0.39 is 24.4 Å². The maximum atomic E-state index is 14.7. The van der Waals surface area contributed by atoms with E-state index in [1.807, 2.05) is 36.4 Å². The average molecular weight is 411 g/mol. The molecule has 0 N–H and O–H groups in total. The van der Waals surface area contributed by atoms with Crippen LogP contribution in [0.3, 0.4) is 0 Å². The van der Waals surface area contributed by atoms with Crippen molar-refractivity contribution in [3.05, 3.63) is 66.4 Å². The van der Waals surface area contributed by atoms with Crippen LogP contribution in [0.1, 0.15) is 22.5 Å². The van der Waals surface area contributed by atoms with E-state index in [1.54, 1.807) is 23.0 Å². The molecule has 2 aliphatic rings. The van der Waals surface area contributed by atoms with Crippen LogP contribution in [-0.4, -0.2) is 56.8 Å². The third-order valence-corrected chi connectivity index (χ3v) is 5.40. The van der Waals surface area contributed by atoms with Crippen molar-refractivity contribution in [3.63, 3.8) is 0 Å². The molecular weight excluding hydrogens is 392 g/mol. The molecule has 5 rings (SSSR count). The molecule has 2 aliphatic heterocycles. The minimum atomic E-state index is -3.06. The first-order chi connectivity index (χ1) is 14.5. The van der Waals surface area contributed by atoms with Gasteiger partial charge in [0, 0.05) is 37.8 Å². The van der Waals surface area contributed by atoms with Crippen LogP contribution < -0.4 is 5.06 Å². The van der Waals surface area contributed by atoms with Gasteiger partial charge in [0.25, 0.3) is 11.8 Å². The van der Waals surface area contributed by atoms with Gasteiger partial charge < -0.3 is 9.30 Å². The van der Waals surface area contributed by atoms with Crippen molar-refractivity contribution in [1.82, 2.24) is 19.3 Å². The van der Waals surface area contributed by atoms with Gasteiger partial charge in [0.2, 0.25) is 0 Å². The van der Waals surface area contributed by atoms with Crippen molar-refractivity contribution in [2.45, 2.75) is 18.4 Å². The van der Waals surface area contributed by atoms with Gasteiger partial charge in [-0.05, 0) is 11.6 Å². The minimum absolute atomic E-state index is 0.0778. The number of carbonyl (C=O) groups excluding carboxylic acids is 1. The molecule has 2 aromatic heterocycles. The number of alkyl halides is 2. The molecule has 154 valence electrons. The average Bonchev–Trinajstić information content (AvgIpc) is 3.24. The highest BCUT2D eigenvalue weighted by Crippen LogP contribution is 2.34. The molecule has 1 atom stereocenters. The summed E-state index contributed by atoms with van der Waals surface area (Å²) in [5, 5.41) is 1.47. The predicted octanol–water partition coefficient (Wildman–Crippen LogP) is 3.04. The van der Waals surface area contributed by atoms with E-state index in [9.17, 15) is 13.6 Å². The third kappa shape index (κ3) is 3.21. The van der Waals surface area contributed by atoms with Gasteiger partial charge in [-0.2, -0.15) is 0 Å². The molecule has 1 aromatic carbocycles. The van der Waals surface area contributed by atoms with E-state index >= 15 is 0 Å². The van der Waals surface area contributed by atoms with Crippen LogP contribution in [0.4, 0.5) is 14.5 Å². The van der Waals surface area contributed by atoms with E-state index in [0.29, 0.717) is 12.2 Å². The molecule has 0 radical (unpaired) electrons. The maximum absolute atomic E-state index is 14.7. The lowest BCUT2D eigenvalue weighted by Crippen LogP contribution is -2.55. The van der Waals surface area contributed by atoms with Crippen LogP contribution >= 0.6 is 0 Å². The Morgan fingerprint density at radius 3 is 2.83 bits per heavy atom. The number of hydroxylamine groups is 1. The van der Waals surface area contributed by atoms with Crippen molar-refractivity contribution in [2.24, 2.45) is 0 Å². The van der Waals surface area contributed by atoms with E-state index in [2.05, 4.69) is 9.97 Å². The molecule has 4 heterocycles. The molecule has 0 bridgehead atoms. The number of hydrogen-bond donors (Lipinski definition) is 0. The van der Waals surface area contributed by atoms with Crippen LogP contribution in [-0.2, 0) is 4.84 Å². The number of para-hydroxylation sites is 1. The Morgan fingerprint density at radius 2 is 1.97 bits per heavy atom. The largest absolute Gasteiger partial charge is 0.334 e. The lowest BCUT2D eigenvalue weighted by atomic mass is 10.0. The van der Waals surface area contributed by atoms with Gasteiger partial charge in [-0.1, -0.05) is 30.4 Å². The van der Waals surface area contributed by atoms with Gasteiger partial charge >= 0.3 is 0 Å². The number of fused-ring (bicyclic) bond motifs is 2. The highest BCUT2D eigenvalue weighted by Gasteiger charge is 2.48. The number of benzene rings is 1. The number of nitrogens with zero attached hydrogens (tertiary/aromatic N) is 5. The quantitative estimate of drug-likeness (QED) is 0.663. The van der Waals surface area contributed by atoms with Gasteiger partial charge in [0.1, 0.15) is 0 Å².